The van der Waals surface area contributed by atoms with E-state index in [0.29, 0.717) is 33.9 Å². The molecule has 2 aromatic carbocycles. The SMILES string of the molecule is CC#CC(C)Oc1cc(N)c(Cl)cc1C(=O)NC1C2CCC1CN(Cc1ccccc1)C2. The Morgan fingerprint density at radius 1 is 1.25 bits per heavy atom. The minimum Gasteiger partial charge on any atom is -0.477 e. The number of nitrogen functional groups attached to an aromatic ring is 1. The first kappa shape index (κ1) is 22.5. The molecular formula is C26H30ClN3O2. The Bertz CT molecular complexity index is 1020. The van der Waals surface area contributed by atoms with Crippen molar-refractivity contribution in [3.63, 3.8) is 0 Å². The van der Waals surface area contributed by atoms with Crippen LogP contribution in [0.5, 0.6) is 5.75 Å². The fraction of sp³-hybridized carbons (Fsp3) is 0.423. The van der Waals surface area contributed by atoms with Crippen molar-refractivity contribution in [1.82, 2.24) is 10.2 Å². The van der Waals surface area contributed by atoms with Gasteiger partial charge in [-0.1, -0.05) is 47.9 Å². The third-order valence-corrected chi connectivity index (χ3v) is 6.78. The Morgan fingerprint density at radius 3 is 2.59 bits per heavy atom. The van der Waals surface area contributed by atoms with Crippen LogP contribution in [-0.2, 0) is 6.54 Å². The average Bonchev–Trinajstić information content (AvgIpc) is 2.99. The quantitative estimate of drug-likeness (QED) is 0.506. The van der Waals surface area contributed by atoms with Gasteiger partial charge >= 0.3 is 0 Å². The molecule has 4 rings (SSSR count). The fourth-order valence-electron chi connectivity index (χ4n) is 5.02. The number of anilines is 1. The summed E-state index contributed by atoms with van der Waals surface area (Å²) in [6, 6.07) is 13.9. The predicted molar refractivity (Wildman–Crippen MR) is 129 cm³/mol. The van der Waals surface area contributed by atoms with Crippen molar-refractivity contribution in [3.05, 3.63) is 58.6 Å². The normalized spacial score (nSPS) is 23.2. The number of nitrogens with one attached hydrogen (secondary N) is 1. The molecule has 3 N–H and O–H groups in total. The Hall–Kier alpha value is -2.68. The van der Waals surface area contributed by atoms with Gasteiger partial charge in [-0.15, -0.1) is 5.92 Å². The molecule has 0 aromatic heterocycles. The van der Waals surface area contributed by atoms with Gasteiger partial charge < -0.3 is 15.8 Å². The molecule has 5 nitrogen and oxygen atoms in total. The minimum absolute atomic E-state index is 0.159. The maximum atomic E-state index is 13.3. The number of carbonyl (C=O) groups excluding carboxylic acids is 1. The zero-order chi connectivity index (χ0) is 22.7. The second-order valence-electron chi connectivity index (χ2n) is 8.80. The highest BCUT2D eigenvalue weighted by atomic mass is 35.5. The molecule has 0 radical (unpaired) electrons. The van der Waals surface area contributed by atoms with Crippen molar-refractivity contribution in [2.45, 2.75) is 45.4 Å². The zero-order valence-electron chi connectivity index (χ0n) is 18.6. The first-order valence-electron chi connectivity index (χ1n) is 11.2. The van der Waals surface area contributed by atoms with E-state index in [-0.39, 0.29) is 18.1 Å². The van der Waals surface area contributed by atoms with Crippen LogP contribution < -0.4 is 15.8 Å². The summed E-state index contributed by atoms with van der Waals surface area (Å²) >= 11 is 6.24. The Morgan fingerprint density at radius 2 is 1.94 bits per heavy atom. The van der Waals surface area contributed by atoms with Crippen molar-refractivity contribution in [2.75, 3.05) is 18.8 Å². The van der Waals surface area contributed by atoms with Crippen LogP contribution in [-0.4, -0.2) is 36.0 Å². The van der Waals surface area contributed by atoms with Gasteiger partial charge in [-0.05, 0) is 50.2 Å². The fourth-order valence-corrected chi connectivity index (χ4v) is 5.19. The van der Waals surface area contributed by atoms with E-state index in [1.165, 1.54) is 5.56 Å². The lowest BCUT2D eigenvalue weighted by atomic mass is 9.91. The molecule has 3 atom stereocenters. The average molecular weight is 452 g/mol. The third-order valence-electron chi connectivity index (χ3n) is 6.45. The highest BCUT2D eigenvalue weighted by molar-refractivity contribution is 6.33. The molecule has 1 amide bonds. The second kappa shape index (κ2) is 9.85. The molecule has 1 heterocycles. The van der Waals surface area contributed by atoms with Crippen molar-refractivity contribution in [2.24, 2.45) is 11.8 Å². The van der Waals surface area contributed by atoms with Crippen LogP contribution >= 0.6 is 11.6 Å². The summed E-state index contributed by atoms with van der Waals surface area (Å²) in [4.78, 5) is 15.8. The molecule has 0 spiro atoms. The van der Waals surface area contributed by atoms with Crippen molar-refractivity contribution < 1.29 is 9.53 Å². The van der Waals surface area contributed by atoms with Gasteiger partial charge in [0.05, 0.1) is 16.3 Å². The van der Waals surface area contributed by atoms with Gasteiger partial charge in [0.15, 0.2) is 6.10 Å². The van der Waals surface area contributed by atoms with Crippen LogP contribution in [0.1, 0.15) is 42.6 Å². The number of hydrogen-bond donors (Lipinski definition) is 2. The van der Waals surface area contributed by atoms with Crippen molar-refractivity contribution in [1.29, 1.82) is 0 Å². The van der Waals surface area contributed by atoms with E-state index in [4.69, 9.17) is 22.1 Å². The zero-order valence-corrected chi connectivity index (χ0v) is 19.4. The molecule has 1 aliphatic heterocycles. The van der Waals surface area contributed by atoms with Gasteiger partial charge in [0.25, 0.3) is 5.91 Å². The largest absolute Gasteiger partial charge is 0.477 e. The van der Waals surface area contributed by atoms with Crippen LogP contribution in [0.4, 0.5) is 5.69 Å². The maximum absolute atomic E-state index is 13.3. The summed E-state index contributed by atoms with van der Waals surface area (Å²) in [6.07, 6.45) is 1.91. The Labute approximate surface area is 195 Å². The number of ether oxygens (including phenoxy) is 1. The number of amides is 1. The topological polar surface area (TPSA) is 67.6 Å². The molecule has 32 heavy (non-hydrogen) atoms. The number of rotatable bonds is 6. The first-order valence-corrected chi connectivity index (χ1v) is 11.6. The van der Waals surface area contributed by atoms with Crippen LogP contribution in [0.15, 0.2) is 42.5 Å². The number of piperidine rings is 1. The molecule has 2 aliphatic rings. The molecule has 2 aromatic rings. The van der Waals surface area contributed by atoms with E-state index < -0.39 is 0 Å². The molecular weight excluding hydrogens is 422 g/mol. The van der Waals surface area contributed by atoms with Gasteiger partial charge in [-0.25, -0.2) is 0 Å². The summed E-state index contributed by atoms with van der Waals surface area (Å²) in [5.74, 6) is 6.90. The van der Waals surface area contributed by atoms with Gasteiger partial charge in [-0.2, -0.15) is 0 Å². The summed E-state index contributed by atoms with van der Waals surface area (Å²) in [7, 11) is 0. The number of halogens is 1. The minimum atomic E-state index is -0.357. The van der Waals surface area contributed by atoms with Crippen LogP contribution in [0, 0.1) is 23.7 Å². The summed E-state index contributed by atoms with van der Waals surface area (Å²) in [5, 5.41) is 3.64. The molecule has 2 bridgehead atoms. The standard InChI is InChI=1S/C26H30ClN3O2/c1-3-7-17(2)32-24-13-23(28)22(27)12-21(24)26(31)29-25-19-10-11-20(25)16-30(15-19)14-18-8-5-4-6-9-18/h4-6,8-9,12-13,17,19-20,25H,10-11,14-16,28H2,1-2H3,(H,29,31). The molecule has 3 unspecified atom stereocenters. The molecule has 168 valence electrons. The van der Waals surface area contributed by atoms with Gasteiger partial charge in [0.1, 0.15) is 5.75 Å². The molecule has 1 aliphatic carbocycles. The lowest BCUT2D eigenvalue weighted by Gasteiger charge is -2.38. The number of likely N-dealkylation sites (tertiary alicyclic amines) is 1. The first-order chi connectivity index (χ1) is 15.4. The number of fused-ring (bicyclic) bond motifs is 2. The van der Waals surface area contributed by atoms with Gasteiger partial charge in [0.2, 0.25) is 0 Å². The number of benzene rings is 2. The number of nitrogens with two attached hydrogens (primary N) is 1. The van der Waals surface area contributed by atoms with E-state index in [1.807, 2.05) is 13.0 Å². The predicted octanol–water partition coefficient (Wildman–Crippen LogP) is 4.35. The van der Waals surface area contributed by atoms with Crippen LogP contribution in [0.25, 0.3) is 0 Å². The summed E-state index contributed by atoms with van der Waals surface area (Å²) in [6.45, 7) is 6.53. The smallest absolute Gasteiger partial charge is 0.255 e. The maximum Gasteiger partial charge on any atom is 0.255 e. The van der Waals surface area contributed by atoms with Crippen LogP contribution in [0.2, 0.25) is 5.02 Å². The van der Waals surface area contributed by atoms with Gasteiger partial charge in [0, 0.05) is 31.7 Å². The summed E-state index contributed by atoms with van der Waals surface area (Å²) < 4.78 is 5.90. The van der Waals surface area contributed by atoms with Crippen molar-refractivity contribution >= 4 is 23.2 Å². The highest BCUT2D eigenvalue weighted by Gasteiger charge is 2.42. The molecule has 6 heteroatoms. The summed E-state index contributed by atoms with van der Waals surface area (Å²) in [5.41, 5.74) is 8.08. The van der Waals surface area contributed by atoms with E-state index in [9.17, 15) is 4.79 Å². The van der Waals surface area contributed by atoms with E-state index in [2.05, 4.69) is 46.3 Å². The van der Waals surface area contributed by atoms with E-state index >= 15 is 0 Å². The van der Waals surface area contributed by atoms with Crippen molar-refractivity contribution in [3.8, 4) is 17.6 Å². The molecule has 2 fully saturated rings. The Kier molecular flexibility index (Phi) is 6.93. The van der Waals surface area contributed by atoms with Crippen LogP contribution in [0.3, 0.4) is 0 Å². The van der Waals surface area contributed by atoms with E-state index in [1.54, 1.807) is 19.1 Å². The molecule has 1 saturated heterocycles. The lowest BCUT2D eigenvalue weighted by Crippen LogP contribution is -2.52. The third kappa shape index (κ3) is 5.03. The number of hydrogen-bond acceptors (Lipinski definition) is 4. The molecule has 1 saturated carbocycles. The lowest BCUT2D eigenvalue weighted by molar-refractivity contribution is 0.0820. The van der Waals surface area contributed by atoms with E-state index in [0.717, 1.165) is 32.5 Å². The van der Waals surface area contributed by atoms with Gasteiger partial charge in [-0.3, -0.25) is 9.69 Å². The monoisotopic (exact) mass is 451 g/mol. The number of carbonyl (C=O) groups is 1. The Balaban J connectivity index is 1.46. The number of nitrogens with zero attached hydrogens (tertiary/aromatic N) is 1. The highest BCUT2D eigenvalue weighted by Crippen LogP contribution is 2.38. The second-order valence-corrected chi connectivity index (χ2v) is 9.21.